The molecule has 1 unspecified atom stereocenters. The maximum atomic E-state index is 5.95. The smallest absolute Gasteiger partial charge is 0.123 e. The molecule has 1 atom stereocenters. The predicted molar refractivity (Wildman–Crippen MR) is 71.7 cm³/mol. The minimum atomic E-state index is -0.0528. The van der Waals surface area contributed by atoms with Gasteiger partial charge in [0.15, 0.2) is 0 Å². The molecule has 1 heterocycles. The highest BCUT2D eigenvalue weighted by atomic mass is 16.5. The lowest BCUT2D eigenvalue weighted by Gasteiger charge is -2.16. The van der Waals surface area contributed by atoms with Gasteiger partial charge in [-0.15, -0.1) is 0 Å². The lowest BCUT2D eigenvalue weighted by molar-refractivity contribution is 0.138. The molecule has 2 nitrogen and oxygen atoms in total. The minimum Gasteiger partial charge on any atom is -0.487 e. The maximum Gasteiger partial charge on any atom is 0.123 e. The van der Waals surface area contributed by atoms with Crippen molar-refractivity contribution in [2.45, 2.75) is 52.1 Å². The van der Waals surface area contributed by atoms with Crippen LogP contribution in [0.2, 0.25) is 0 Å². The van der Waals surface area contributed by atoms with Crippen molar-refractivity contribution in [3.05, 3.63) is 28.8 Å². The Balaban J connectivity index is 2.35. The van der Waals surface area contributed by atoms with Crippen LogP contribution in [0.1, 0.15) is 49.8 Å². The molecule has 1 aliphatic heterocycles. The second kappa shape index (κ2) is 4.34. The zero-order valence-electron chi connectivity index (χ0n) is 11.3. The maximum absolute atomic E-state index is 5.95. The molecule has 0 aromatic heterocycles. The number of ether oxygens (including phenoxy) is 1. The largest absolute Gasteiger partial charge is 0.487 e. The lowest BCUT2D eigenvalue weighted by Crippen LogP contribution is -2.24. The summed E-state index contributed by atoms with van der Waals surface area (Å²) < 4.78 is 5.95. The molecule has 0 spiro atoms. The molecule has 17 heavy (non-hydrogen) atoms. The van der Waals surface area contributed by atoms with Crippen molar-refractivity contribution >= 4 is 0 Å². The van der Waals surface area contributed by atoms with E-state index in [4.69, 9.17) is 10.5 Å². The Labute approximate surface area is 104 Å². The van der Waals surface area contributed by atoms with Crippen molar-refractivity contribution in [3.63, 3.8) is 0 Å². The molecule has 0 amide bonds. The van der Waals surface area contributed by atoms with E-state index in [0.717, 1.165) is 25.1 Å². The van der Waals surface area contributed by atoms with E-state index in [1.165, 1.54) is 16.7 Å². The van der Waals surface area contributed by atoms with E-state index in [0.29, 0.717) is 5.92 Å². The molecule has 0 bridgehead atoms. The van der Waals surface area contributed by atoms with E-state index in [2.05, 4.69) is 39.8 Å². The van der Waals surface area contributed by atoms with Crippen molar-refractivity contribution in [2.24, 2.45) is 5.73 Å². The Morgan fingerprint density at radius 2 is 2.12 bits per heavy atom. The summed E-state index contributed by atoms with van der Waals surface area (Å²) in [6, 6.07) is 4.33. The molecule has 0 fully saturated rings. The molecule has 1 aliphatic rings. The van der Waals surface area contributed by atoms with Gasteiger partial charge in [-0.2, -0.15) is 0 Å². The molecule has 94 valence electrons. The third-order valence-corrected chi connectivity index (χ3v) is 3.72. The summed E-state index contributed by atoms with van der Waals surface area (Å²) in [7, 11) is 0. The van der Waals surface area contributed by atoms with Gasteiger partial charge in [0.2, 0.25) is 0 Å². The molecule has 0 radical (unpaired) electrons. The molecule has 2 heteroatoms. The minimum absolute atomic E-state index is 0.0528. The summed E-state index contributed by atoms with van der Waals surface area (Å²) in [4.78, 5) is 0. The van der Waals surface area contributed by atoms with Crippen LogP contribution in [0, 0.1) is 6.92 Å². The van der Waals surface area contributed by atoms with Crippen LogP contribution in [0.15, 0.2) is 12.1 Å². The fourth-order valence-electron chi connectivity index (χ4n) is 2.76. The van der Waals surface area contributed by atoms with Crippen molar-refractivity contribution in [2.75, 3.05) is 6.54 Å². The molecular formula is C15H23NO. The second-order valence-corrected chi connectivity index (χ2v) is 5.77. The van der Waals surface area contributed by atoms with E-state index in [9.17, 15) is 0 Å². The molecule has 2 rings (SSSR count). The van der Waals surface area contributed by atoms with Gasteiger partial charge in [0.25, 0.3) is 0 Å². The summed E-state index contributed by atoms with van der Waals surface area (Å²) in [5.74, 6) is 1.60. The SMILES string of the molecule is Cc1c(C(C)CCN)ccc2c1CC(C)(C)O2. The first-order valence-electron chi connectivity index (χ1n) is 6.46. The van der Waals surface area contributed by atoms with Crippen molar-refractivity contribution < 1.29 is 4.74 Å². The van der Waals surface area contributed by atoms with Gasteiger partial charge in [0.1, 0.15) is 11.4 Å². The third-order valence-electron chi connectivity index (χ3n) is 3.72. The Bertz CT molecular complexity index is 423. The van der Waals surface area contributed by atoms with E-state index in [1.54, 1.807) is 0 Å². The summed E-state index contributed by atoms with van der Waals surface area (Å²) in [6.07, 6.45) is 2.06. The summed E-state index contributed by atoms with van der Waals surface area (Å²) >= 11 is 0. The second-order valence-electron chi connectivity index (χ2n) is 5.77. The van der Waals surface area contributed by atoms with Gasteiger partial charge in [0, 0.05) is 12.0 Å². The molecule has 0 aliphatic carbocycles. The standard InChI is InChI=1S/C15H23NO/c1-10(7-8-16)12-5-6-14-13(11(12)2)9-15(3,4)17-14/h5-6,10H,7-9,16H2,1-4H3. The van der Waals surface area contributed by atoms with Crippen LogP contribution in [0.3, 0.4) is 0 Å². The van der Waals surface area contributed by atoms with E-state index < -0.39 is 0 Å². The molecule has 0 saturated carbocycles. The van der Waals surface area contributed by atoms with Crippen molar-refractivity contribution in [1.82, 2.24) is 0 Å². The third kappa shape index (κ3) is 2.32. The fourth-order valence-corrected chi connectivity index (χ4v) is 2.76. The summed E-state index contributed by atoms with van der Waals surface area (Å²) in [6.45, 7) is 9.51. The van der Waals surface area contributed by atoms with Crippen LogP contribution in [0.5, 0.6) is 5.75 Å². The molecular weight excluding hydrogens is 210 g/mol. The molecule has 0 saturated heterocycles. The van der Waals surface area contributed by atoms with Crippen LogP contribution in [0.4, 0.5) is 0 Å². The fraction of sp³-hybridized carbons (Fsp3) is 0.600. The first-order valence-corrected chi connectivity index (χ1v) is 6.46. The van der Waals surface area contributed by atoms with E-state index in [1.807, 2.05) is 0 Å². The highest BCUT2D eigenvalue weighted by molar-refractivity contribution is 5.49. The summed E-state index contributed by atoms with van der Waals surface area (Å²) in [5.41, 5.74) is 9.80. The number of rotatable bonds is 3. The van der Waals surface area contributed by atoms with Gasteiger partial charge in [-0.05, 0) is 56.8 Å². The van der Waals surface area contributed by atoms with Crippen molar-refractivity contribution in [1.29, 1.82) is 0 Å². The topological polar surface area (TPSA) is 35.2 Å². The van der Waals surface area contributed by atoms with E-state index >= 15 is 0 Å². The van der Waals surface area contributed by atoms with E-state index in [-0.39, 0.29) is 5.60 Å². The number of benzene rings is 1. The first-order chi connectivity index (χ1) is 7.94. The molecule has 1 aromatic rings. The average molecular weight is 233 g/mol. The Kier molecular flexibility index (Phi) is 3.17. The Morgan fingerprint density at radius 1 is 1.41 bits per heavy atom. The Morgan fingerprint density at radius 3 is 2.76 bits per heavy atom. The Hall–Kier alpha value is -1.02. The average Bonchev–Trinajstić information content (AvgIpc) is 2.54. The number of hydrogen-bond donors (Lipinski definition) is 1. The van der Waals surface area contributed by atoms with Crippen molar-refractivity contribution in [3.8, 4) is 5.75 Å². The van der Waals surface area contributed by atoms with Gasteiger partial charge in [-0.1, -0.05) is 13.0 Å². The monoisotopic (exact) mass is 233 g/mol. The van der Waals surface area contributed by atoms with Crippen LogP contribution in [-0.2, 0) is 6.42 Å². The highest BCUT2D eigenvalue weighted by Crippen LogP contribution is 2.39. The normalized spacial score (nSPS) is 18.6. The van der Waals surface area contributed by atoms with Gasteiger partial charge >= 0.3 is 0 Å². The van der Waals surface area contributed by atoms with Gasteiger partial charge in [-0.3, -0.25) is 0 Å². The predicted octanol–water partition coefficient (Wildman–Crippen LogP) is 3.16. The summed E-state index contributed by atoms with van der Waals surface area (Å²) in [5, 5.41) is 0. The molecule has 1 aromatic carbocycles. The van der Waals surface area contributed by atoms with Crippen LogP contribution in [-0.4, -0.2) is 12.1 Å². The lowest BCUT2D eigenvalue weighted by atomic mass is 9.88. The number of nitrogens with two attached hydrogens (primary N) is 1. The number of fused-ring (bicyclic) bond motifs is 1. The number of hydrogen-bond acceptors (Lipinski definition) is 2. The van der Waals surface area contributed by atoms with Gasteiger partial charge in [-0.25, -0.2) is 0 Å². The molecule has 2 N–H and O–H groups in total. The highest BCUT2D eigenvalue weighted by Gasteiger charge is 2.32. The first kappa shape index (κ1) is 12.4. The zero-order chi connectivity index (χ0) is 12.6. The zero-order valence-corrected chi connectivity index (χ0v) is 11.3. The van der Waals surface area contributed by atoms with Gasteiger partial charge < -0.3 is 10.5 Å². The quantitative estimate of drug-likeness (QED) is 0.870. The van der Waals surface area contributed by atoms with Crippen LogP contribution in [0.25, 0.3) is 0 Å². The van der Waals surface area contributed by atoms with Crippen LogP contribution < -0.4 is 10.5 Å². The van der Waals surface area contributed by atoms with Crippen LogP contribution >= 0.6 is 0 Å². The van der Waals surface area contributed by atoms with Gasteiger partial charge in [0.05, 0.1) is 0 Å².